The van der Waals surface area contributed by atoms with Crippen molar-refractivity contribution in [3.63, 3.8) is 0 Å². The number of nitrogens with one attached hydrogen (secondary N) is 1. The van der Waals surface area contributed by atoms with Crippen LogP contribution < -0.4 is 5.32 Å². The van der Waals surface area contributed by atoms with E-state index in [1.165, 1.54) is 24.1 Å². The molecule has 0 bridgehead atoms. The Kier molecular flexibility index (Phi) is 4.57. The zero-order valence-electron chi connectivity index (χ0n) is 14.8. The smallest absolute Gasteiger partial charge is 0.242 e. The van der Waals surface area contributed by atoms with Crippen molar-refractivity contribution < 1.29 is 4.79 Å². The van der Waals surface area contributed by atoms with Gasteiger partial charge in [-0.05, 0) is 50.8 Å². The Morgan fingerprint density at radius 1 is 1.20 bits per heavy atom. The Hall–Kier alpha value is -2.14. The normalized spacial score (nSPS) is 21.7. The molecule has 1 aromatic heterocycles. The molecule has 0 unspecified atom stereocenters. The van der Waals surface area contributed by atoms with Gasteiger partial charge in [-0.15, -0.1) is 0 Å². The highest BCUT2D eigenvalue weighted by molar-refractivity contribution is 5.83. The minimum atomic E-state index is -0.189. The molecule has 132 valence electrons. The Morgan fingerprint density at radius 3 is 2.72 bits per heavy atom. The van der Waals surface area contributed by atoms with Crippen LogP contribution in [0.3, 0.4) is 0 Å². The molecule has 0 spiro atoms. The number of rotatable bonds is 4. The summed E-state index contributed by atoms with van der Waals surface area (Å²) in [5, 5.41) is 7.72. The molecule has 25 heavy (non-hydrogen) atoms. The zero-order chi connectivity index (χ0) is 17.2. The van der Waals surface area contributed by atoms with E-state index in [-0.39, 0.29) is 18.0 Å². The van der Waals surface area contributed by atoms with Crippen molar-refractivity contribution in [2.24, 2.45) is 7.05 Å². The number of carbonyl (C=O) groups excluding carboxylic acids is 1. The third-order valence-corrected chi connectivity index (χ3v) is 5.56. The summed E-state index contributed by atoms with van der Waals surface area (Å²) < 4.78 is 1.95. The van der Waals surface area contributed by atoms with Crippen LogP contribution in [0.4, 0.5) is 0 Å². The maximum absolute atomic E-state index is 13.2. The van der Waals surface area contributed by atoms with Crippen LogP contribution in [0.15, 0.2) is 36.5 Å². The molecular weight excluding hydrogens is 312 g/mol. The number of hydrogen-bond donors (Lipinski definition) is 1. The van der Waals surface area contributed by atoms with Crippen LogP contribution >= 0.6 is 0 Å². The number of nitrogens with zero attached hydrogens (tertiary/aromatic N) is 3. The fourth-order valence-electron chi connectivity index (χ4n) is 4.27. The summed E-state index contributed by atoms with van der Waals surface area (Å²) >= 11 is 0. The maximum atomic E-state index is 13.2. The van der Waals surface area contributed by atoms with E-state index in [4.69, 9.17) is 0 Å². The predicted octanol–water partition coefficient (Wildman–Crippen LogP) is 2.75. The van der Waals surface area contributed by atoms with Crippen molar-refractivity contribution in [2.45, 2.75) is 44.2 Å². The Labute approximate surface area is 149 Å². The van der Waals surface area contributed by atoms with Gasteiger partial charge in [0.05, 0.1) is 12.2 Å². The molecule has 5 heteroatoms. The van der Waals surface area contributed by atoms with E-state index in [0.717, 1.165) is 37.9 Å². The number of fused-ring (bicyclic) bond motifs is 1. The third-order valence-electron chi connectivity index (χ3n) is 5.56. The lowest BCUT2D eigenvalue weighted by molar-refractivity contribution is -0.127. The Morgan fingerprint density at radius 2 is 1.96 bits per heavy atom. The zero-order valence-corrected chi connectivity index (χ0v) is 14.8. The van der Waals surface area contributed by atoms with Gasteiger partial charge in [0.2, 0.25) is 5.91 Å². The maximum Gasteiger partial charge on any atom is 0.242 e. The summed E-state index contributed by atoms with van der Waals surface area (Å²) in [6.07, 6.45) is 7.40. The predicted molar refractivity (Wildman–Crippen MR) is 97.0 cm³/mol. The summed E-state index contributed by atoms with van der Waals surface area (Å²) in [6.45, 7) is 1.99. The van der Waals surface area contributed by atoms with Gasteiger partial charge in [0.15, 0.2) is 0 Å². The van der Waals surface area contributed by atoms with Crippen LogP contribution in [-0.4, -0.2) is 33.7 Å². The quantitative estimate of drug-likeness (QED) is 0.932. The second kappa shape index (κ2) is 7.00. The van der Waals surface area contributed by atoms with E-state index in [0.29, 0.717) is 0 Å². The first kappa shape index (κ1) is 16.3. The van der Waals surface area contributed by atoms with Gasteiger partial charge < -0.3 is 5.32 Å². The highest BCUT2D eigenvalue weighted by Gasteiger charge is 2.32. The fraction of sp³-hybridized carbons (Fsp3) is 0.500. The minimum absolute atomic E-state index is 0.0822. The SMILES string of the molecule is Cn1ncc2c1CCC[C@@H]2NC(=O)[C@@H](c1ccccc1)N1CCCC1. The van der Waals surface area contributed by atoms with Crippen LogP contribution in [0.1, 0.15) is 54.6 Å². The number of benzene rings is 1. The van der Waals surface area contributed by atoms with Gasteiger partial charge in [0, 0.05) is 18.3 Å². The number of amides is 1. The summed E-state index contributed by atoms with van der Waals surface area (Å²) in [4.78, 5) is 15.6. The van der Waals surface area contributed by atoms with Gasteiger partial charge in [0.25, 0.3) is 0 Å². The average Bonchev–Trinajstić information content (AvgIpc) is 3.28. The molecule has 2 aromatic rings. The van der Waals surface area contributed by atoms with Crippen LogP contribution in [0.5, 0.6) is 0 Å². The lowest BCUT2D eigenvalue weighted by atomic mass is 9.92. The van der Waals surface area contributed by atoms with Gasteiger partial charge in [-0.3, -0.25) is 14.4 Å². The third kappa shape index (κ3) is 3.21. The molecule has 1 aliphatic carbocycles. The minimum Gasteiger partial charge on any atom is -0.348 e. The number of hydrogen-bond acceptors (Lipinski definition) is 3. The van der Waals surface area contributed by atoms with E-state index in [1.807, 2.05) is 36.1 Å². The largest absolute Gasteiger partial charge is 0.348 e. The lowest BCUT2D eigenvalue weighted by Gasteiger charge is -2.30. The molecule has 0 saturated carbocycles. The van der Waals surface area contributed by atoms with Crippen LogP contribution in [0.25, 0.3) is 0 Å². The van der Waals surface area contributed by atoms with Gasteiger partial charge in [0.1, 0.15) is 6.04 Å². The molecule has 1 N–H and O–H groups in total. The first-order valence-electron chi connectivity index (χ1n) is 9.34. The number of carbonyl (C=O) groups is 1. The second-order valence-electron chi connectivity index (χ2n) is 7.18. The molecule has 1 amide bonds. The Balaban J connectivity index is 1.57. The molecule has 2 aliphatic rings. The fourth-order valence-corrected chi connectivity index (χ4v) is 4.27. The van der Waals surface area contributed by atoms with Crippen LogP contribution in [0.2, 0.25) is 0 Å². The number of likely N-dealkylation sites (tertiary alicyclic amines) is 1. The number of aromatic nitrogens is 2. The molecule has 1 saturated heterocycles. The van der Waals surface area contributed by atoms with Crippen LogP contribution in [0, 0.1) is 0 Å². The van der Waals surface area contributed by atoms with Gasteiger partial charge in [-0.1, -0.05) is 30.3 Å². The van der Waals surface area contributed by atoms with Crippen molar-refractivity contribution in [3.05, 3.63) is 53.3 Å². The summed E-state index contributed by atoms with van der Waals surface area (Å²) in [5.41, 5.74) is 3.54. The van der Waals surface area contributed by atoms with Gasteiger partial charge in [-0.2, -0.15) is 5.10 Å². The van der Waals surface area contributed by atoms with Crippen molar-refractivity contribution in [2.75, 3.05) is 13.1 Å². The van der Waals surface area contributed by atoms with E-state index < -0.39 is 0 Å². The van der Waals surface area contributed by atoms with E-state index in [1.54, 1.807) is 0 Å². The molecule has 4 rings (SSSR count). The van der Waals surface area contributed by atoms with Crippen molar-refractivity contribution in [3.8, 4) is 0 Å². The highest BCUT2D eigenvalue weighted by atomic mass is 16.2. The van der Waals surface area contributed by atoms with Crippen molar-refractivity contribution >= 4 is 5.91 Å². The molecule has 2 heterocycles. The lowest BCUT2D eigenvalue weighted by Crippen LogP contribution is -2.41. The molecule has 5 nitrogen and oxygen atoms in total. The van der Waals surface area contributed by atoms with Gasteiger partial charge >= 0.3 is 0 Å². The van der Waals surface area contributed by atoms with E-state index in [2.05, 4.69) is 27.4 Å². The molecule has 1 fully saturated rings. The molecule has 1 aromatic carbocycles. The Bertz CT molecular complexity index is 733. The molecule has 0 radical (unpaired) electrons. The monoisotopic (exact) mass is 338 g/mol. The van der Waals surface area contributed by atoms with E-state index >= 15 is 0 Å². The second-order valence-corrected chi connectivity index (χ2v) is 7.18. The van der Waals surface area contributed by atoms with E-state index in [9.17, 15) is 4.79 Å². The first-order chi connectivity index (χ1) is 12.2. The standard InChI is InChI=1S/C20H26N4O/c1-23-18-11-7-10-17(16(18)14-21-23)22-20(25)19(24-12-5-6-13-24)15-8-3-2-4-9-15/h2-4,8-9,14,17,19H,5-7,10-13H2,1H3,(H,22,25)/t17-,19+/m0/s1. The molecule has 1 aliphatic heterocycles. The topological polar surface area (TPSA) is 50.2 Å². The highest BCUT2D eigenvalue weighted by Crippen LogP contribution is 2.31. The van der Waals surface area contributed by atoms with Gasteiger partial charge in [-0.25, -0.2) is 0 Å². The molecule has 2 atom stereocenters. The van der Waals surface area contributed by atoms with Crippen LogP contribution in [-0.2, 0) is 18.3 Å². The van der Waals surface area contributed by atoms with Crippen molar-refractivity contribution in [1.29, 1.82) is 0 Å². The average molecular weight is 338 g/mol. The summed E-state index contributed by atoms with van der Waals surface area (Å²) in [6, 6.07) is 10.1. The molecular formula is C20H26N4O. The summed E-state index contributed by atoms with van der Waals surface area (Å²) in [7, 11) is 1.99. The summed E-state index contributed by atoms with van der Waals surface area (Å²) in [5.74, 6) is 0.120. The van der Waals surface area contributed by atoms with Crippen molar-refractivity contribution in [1.82, 2.24) is 20.0 Å². The number of aryl methyl sites for hydroxylation is 1. The first-order valence-corrected chi connectivity index (χ1v) is 9.34.